The molecule has 11 heteroatoms. The number of benzene rings is 1. The predicted octanol–water partition coefficient (Wildman–Crippen LogP) is 2.30. The number of fused-ring (bicyclic) bond motifs is 1. The van der Waals surface area contributed by atoms with Gasteiger partial charge < -0.3 is 24.4 Å². The van der Waals surface area contributed by atoms with Crippen molar-refractivity contribution in [1.29, 1.82) is 0 Å². The summed E-state index contributed by atoms with van der Waals surface area (Å²) in [6, 6.07) is 8.21. The molecule has 0 saturated carbocycles. The van der Waals surface area contributed by atoms with E-state index in [4.69, 9.17) is 21.3 Å². The van der Waals surface area contributed by atoms with Gasteiger partial charge in [0.1, 0.15) is 0 Å². The normalized spacial score (nSPS) is 17.4. The number of ether oxygens (including phenoxy) is 1. The number of aromatic nitrogens is 3. The molecule has 2 aliphatic rings. The summed E-state index contributed by atoms with van der Waals surface area (Å²) in [4.78, 5) is 41.2. The fourth-order valence-electron chi connectivity index (χ4n) is 5.67. The summed E-state index contributed by atoms with van der Waals surface area (Å²) < 4.78 is 7.03. The Labute approximate surface area is 239 Å². The first kappa shape index (κ1) is 28.3. The van der Waals surface area contributed by atoms with Crippen LogP contribution in [0.25, 0.3) is 10.9 Å². The largest absolute Gasteiger partial charge is 0.478 e. The summed E-state index contributed by atoms with van der Waals surface area (Å²) in [6.07, 6.45) is 4.45. The number of halogens is 1. The van der Waals surface area contributed by atoms with Gasteiger partial charge in [-0.05, 0) is 43.1 Å². The second-order valence-corrected chi connectivity index (χ2v) is 11.0. The maximum absolute atomic E-state index is 12.7. The van der Waals surface area contributed by atoms with Gasteiger partial charge in [-0.25, -0.2) is 9.97 Å². The molecule has 0 unspecified atom stereocenters. The number of hydrogen-bond acceptors (Lipinski definition) is 8. The van der Waals surface area contributed by atoms with Crippen LogP contribution in [0, 0.1) is 0 Å². The molecule has 0 radical (unpaired) electrons. The number of carbonyl (C=O) groups is 1. The van der Waals surface area contributed by atoms with Crippen LogP contribution < -0.4 is 20.5 Å². The van der Waals surface area contributed by atoms with Crippen molar-refractivity contribution >= 4 is 34.4 Å². The molecule has 2 aliphatic heterocycles. The fraction of sp³-hybridized carbons (Fsp3) is 0.517. The number of carbonyl (C=O) groups excluding carboxylic acids is 1. The summed E-state index contributed by atoms with van der Waals surface area (Å²) in [6.45, 7) is 9.65. The van der Waals surface area contributed by atoms with E-state index in [0.29, 0.717) is 17.5 Å². The average molecular weight is 568 g/mol. The first-order valence-electron chi connectivity index (χ1n) is 14.0. The van der Waals surface area contributed by atoms with E-state index in [9.17, 15) is 9.59 Å². The Kier molecular flexibility index (Phi) is 8.87. The van der Waals surface area contributed by atoms with Gasteiger partial charge in [-0.3, -0.25) is 14.5 Å². The number of aryl methyl sites for hydroxylation is 1. The van der Waals surface area contributed by atoms with E-state index in [2.05, 4.69) is 31.9 Å². The smallest absolute Gasteiger partial charge is 0.293 e. The molecule has 2 aromatic heterocycles. The maximum Gasteiger partial charge on any atom is 0.293 e. The highest BCUT2D eigenvalue weighted by molar-refractivity contribution is 6.31. The highest BCUT2D eigenvalue weighted by Crippen LogP contribution is 2.26. The minimum Gasteiger partial charge on any atom is -0.478 e. The van der Waals surface area contributed by atoms with Crippen molar-refractivity contribution in [3.63, 3.8) is 0 Å². The summed E-state index contributed by atoms with van der Waals surface area (Å²) >= 11 is 6.55. The van der Waals surface area contributed by atoms with Crippen LogP contribution in [0.3, 0.4) is 0 Å². The fourth-order valence-corrected chi connectivity index (χ4v) is 5.83. The van der Waals surface area contributed by atoms with Crippen LogP contribution in [0.15, 0.2) is 35.3 Å². The number of likely N-dealkylation sites (N-methyl/N-ethyl adjacent to an activating group) is 2. The van der Waals surface area contributed by atoms with Gasteiger partial charge in [-0.1, -0.05) is 24.6 Å². The lowest BCUT2D eigenvalue weighted by Gasteiger charge is -2.42. The third-order valence-corrected chi connectivity index (χ3v) is 8.50. The molecule has 1 amide bonds. The van der Waals surface area contributed by atoms with Crippen molar-refractivity contribution in [3.8, 4) is 5.75 Å². The van der Waals surface area contributed by atoms with Gasteiger partial charge >= 0.3 is 0 Å². The molecule has 2 fully saturated rings. The molecule has 1 aromatic carbocycles. The first-order valence-corrected chi connectivity index (χ1v) is 14.4. The molecular formula is C29H38ClN7O3. The van der Waals surface area contributed by atoms with E-state index in [1.165, 1.54) is 11.6 Å². The molecule has 5 rings (SSSR count). The number of amides is 1. The van der Waals surface area contributed by atoms with Gasteiger partial charge in [-0.2, -0.15) is 0 Å². The minimum atomic E-state index is -0.302. The number of pyridine rings is 1. The van der Waals surface area contributed by atoms with Crippen LogP contribution in [0.5, 0.6) is 5.75 Å². The van der Waals surface area contributed by atoms with Crippen LogP contribution in [-0.2, 0) is 18.3 Å². The SMILES string of the molecule is CCN1CCN(C2CCN(c3ncc(Cl)c(Cc4ccc5c(c4)cc(OCC(=O)NC)c(=O)n5C)n3)CC2)CC1. The topological polar surface area (TPSA) is 95.8 Å². The van der Waals surface area contributed by atoms with Crippen LogP contribution in [0.1, 0.15) is 31.0 Å². The molecule has 1 N–H and O–H groups in total. The molecule has 3 aromatic rings. The Hall–Kier alpha value is -3.21. The molecule has 40 heavy (non-hydrogen) atoms. The van der Waals surface area contributed by atoms with Crippen LogP contribution >= 0.6 is 11.6 Å². The van der Waals surface area contributed by atoms with Gasteiger partial charge in [0, 0.05) is 71.2 Å². The van der Waals surface area contributed by atoms with E-state index >= 15 is 0 Å². The number of rotatable bonds is 8. The Morgan fingerprint density at radius 1 is 1.12 bits per heavy atom. The summed E-state index contributed by atoms with van der Waals surface area (Å²) in [5.41, 5.74) is 2.25. The molecular weight excluding hydrogens is 530 g/mol. The van der Waals surface area contributed by atoms with Gasteiger partial charge in [0.2, 0.25) is 5.95 Å². The van der Waals surface area contributed by atoms with Gasteiger partial charge in [0.25, 0.3) is 11.5 Å². The highest BCUT2D eigenvalue weighted by atomic mass is 35.5. The molecule has 2 saturated heterocycles. The molecule has 214 valence electrons. The molecule has 0 bridgehead atoms. The van der Waals surface area contributed by atoms with Crippen LogP contribution in [0.2, 0.25) is 5.02 Å². The van der Waals surface area contributed by atoms with E-state index < -0.39 is 0 Å². The van der Waals surface area contributed by atoms with Gasteiger partial charge in [0.05, 0.1) is 22.4 Å². The highest BCUT2D eigenvalue weighted by Gasteiger charge is 2.28. The number of nitrogens with one attached hydrogen (secondary N) is 1. The van der Waals surface area contributed by atoms with Gasteiger partial charge in [-0.15, -0.1) is 0 Å². The molecule has 0 aliphatic carbocycles. The molecule has 0 atom stereocenters. The quantitative estimate of drug-likeness (QED) is 0.443. The number of piperazine rings is 1. The van der Waals surface area contributed by atoms with Crippen molar-refractivity contribution in [2.45, 2.75) is 32.2 Å². The standard InChI is InChI=1S/C29H38ClN7O3/c1-4-35-11-13-36(14-12-35)22-7-9-37(10-8-22)29-32-18-23(30)24(33-29)16-20-5-6-25-21(15-20)17-26(28(39)34(25)3)40-19-27(38)31-2/h5-6,15,17-18,22H,4,7-14,16,19H2,1-3H3,(H,31,38). The summed E-state index contributed by atoms with van der Waals surface area (Å²) in [7, 11) is 3.22. The zero-order chi connectivity index (χ0) is 28.2. The first-order chi connectivity index (χ1) is 19.4. The summed E-state index contributed by atoms with van der Waals surface area (Å²) in [5, 5.41) is 3.85. The lowest BCUT2D eigenvalue weighted by molar-refractivity contribution is -0.122. The number of hydrogen-bond donors (Lipinski definition) is 1. The van der Waals surface area contributed by atoms with E-state index in [-0.39, 0.29) is 23.8 Å². The second kappa shape index (κ2) is 12.5. The molecule has 10 nitrogen and oxygen atoms in total. The van der Waals surface area contributed by atoms with Crippen molar-refractivity contribution in [2.75, 3.05) is 64.4 Å². The third kappa shape index (κ3) is 6.24. The van der Waals surface area contributed by atoms with E-state index in [1.54, 1.807) is 19.3 Å². The summed E-state index contributed by atoms with van der Waals surface area (Å²) in [5.74, 6) is 0.555. The number of nitrogens with zero attached hydrogens (tertiary/aromatic N) is 6. The molecule has 0 spiro atoms. The lowest BCUT2D eigenvalue weighted by atomic mass is 10.0. The van der Waals surface area contributed by atoms with Crippen LogP contribution in [0.4, 0.5) is 5.95 Å². The zero-order valence-corrected chi connectivity index (χ0v) is 24.3. The predicted molar refractivity (Wildman–Crippen MR) is 158 cm³/mol. The zero-order valence-electron chi connectivity index (χ0n) is 23.5. The Balaban J connectivity index is 1.28. The minimum absolute atomic E-state index is 0.133. The Morgan fingerprint density at radius 3 is 2.58 bits per heavy atom. The average Bonchev–Trinajstić information content (AvgIpc) is 2.99. The van der Waals surface area contributed by atoms with Crippen molar-refractivity contribution in [2.24, 2.45) is 7.05 Å². The number of piperidine rings is 1. The van der Waals surface area contributed by atoms with Crippen molar-refractivity contribution in [1.82, 2.24) is 29.7 Å². The Morgan fingerprint density at radius 2 is 1.88 bits per heavy atom. The van der Waals surface area contributed by atoms with Crippen molar-refractivity contribution in [3.05, 3.63) is 57.1 Å². The lowest BCUT2D eigenvalue weighted by Crippen LogP contribution is -2.53. The maximum atomic E-state index is 12.7. The van der Waals surface area contributed by atoms with E-state index in [1.807, 2.05) is 18.2 Å². The van der Waals surface area contributed by atoms with Gasteiger partial charge in [0.15, 0.2) is 12.4 Å². The van der Waals surface area contributed by atoms with Crippen LogP contribution in [-0.4, -0.2) is 95.8 Å². The van der Waals surface area contributed by atoms with Crippen molar-refractivity contribution < 1.29 is 9.53 Å². The third-order valence-electron chi connectivity index (χ3n) is 8.19. The Bertz CT molecular complexity index is 1410. The number of anilines is 1. The molecule has 4 heterocycles. The van der Waals surface area contributed by atoms with E-state index in [0.717, 1.165) is 86.8 Å². The second-order valence-electron chi connectivity index (χ2n) is 10.6. The monoisotopic (exact) mass is 567 g/mol.